The van der Waals surface area contributed by atoms with Crippen LogP contribution < -0.4 is 10.6 Å². The van der Waals surface area contributed by atoms with Gasteiger partial charge in [-0.05, 0) is 69.2 Å². The summed E-state index contributed by atoms with van der Waals surface area (Å²) in [6, 6.07) is 10.9. The number of ether oxygens (including phenoxy) is 1. The van der Waals surface area contributed by atoms with Crippen molar-refractivity contribution in [2.75, 3.05) is 39.6 Å². The highest BCUT2D eigenvalue weighted by molar-refractivity contribution is 8.01. The standard InChI is InChI=1S/C30H41ClN4O3S/c1-6-15-35(30(37)28(22-13-16-38-17-14-22)34-29(36)21(3)32-4)18-20(2)33-27(19-39-5)25-11-12-26(31)24-10-8-7-9-23(24)25/h7-12,19,21-22,28,32H,6,13-18H2,1-5H3,(H,34,36)/b27-19-,33-20?/t21-,28?/m0/s1. The minimum atomic E-state index is -0.599. The first-order chi connectivity index (χ1) is 18.8. The smallest absolute Gasteiger partial charge is 0.245 e. The van der Waals surface area contributed by atoms with E-state index in [2.05, 4.69) is 23.6 Å². The summed E-state index contributed by atoms with van der Waals surface area (Å²) in [5.74, 6) is -0.213. The zero-order chi connectivity index (χ0) is 28.4. The molecule has 1 fully saturated rings. The molecule has 9 heteroatoms. The van der Waals surface area contributed by atoms with Crippen molar-refractivity contribution in [2.24, 2.45) is 10.9 Å². The quantitative estimate of drug-likeness (QED) is 0.334. The van der Waals surface area contributed by atoms with Gasteiger partial charge in [-0.25, -0.2) is 0 Å². The molecule has 2 amide bonds. The van der Waals surface area contributed by atoms with E-state index in [1.165, 1.54) is 0 Å². The first-order valence-corrected chi connectivity index (χ1v) is 15.3. The van der Waals surface area contributed by atoms with Crippen molar-refractivity contribution in [3.8, 4) is 0 Å². The second kappa shape index (κ2) is 15.4. The third-order valence-corrected chi connectivity index (χ3v) is 7.83. The summed E-state index contributed by atoms with van der Waals surface area (Å²) in [7, 11) is 1.74. The minimum Gasteiger partial charge on any atom is -0.381 e. The van der Waals surface area contributed by atoms with E-state index < -0.39 is 12.1 Å². The fourth-order valence-corrected chi connectivity index (χ4v) is 5.47. The first-order valence-electron chi connectivity index (χ1n) is 13.6. The lowest BCUT2D eigenvalue weighted by Crippen LogP contribution is -2.56. The van der Waals surface area contributed by atoms with Crippen LogP contribution in [-0.2, 0) is 14.3 Å². The number of hydrogen-bond acceptors (Lipinski definition) is 6. The zero-order valence-electron chi connectivity index (χ0n) is 23.6. The number of halogens is 1. The van der Waals surface area contributed by atoms with E-state index in [1.807, 2.05) is 53.8 Å². The summed E-state index contributed by atoms with van der Waals surface area (Å²) in [6.45, 7) is 7.94. The topological polar surface area (TPSA) is 83.0 Å². The number of hydrogen-bond donors (Lipinski definition) is 2. The van der Waals surface area contributed by atoms with Gasteiger partial charge in [0.25, 0.3) is 0 Å². The van der Waals surface area contributed by atoms with Gasteiger partial charge in [-0.1, -0.05) is 48.9 Å². The van der Waals surface area contributed by atoms with Crippen LogP contribution in [0.5, 0.6) is 0 Å². The number of carbonyl (C=O) groups is 2. The normalized spacial score (nSPS) is 16.7. The third-order valence-electron chi connectivity index (χ3n) is 7.04. The number of benzene rings is 2. The van der Waals surface area contributed by atoms with Crippen LogP contribution in [0, 0.1) is 5.92 Å². The fourth-order valence-electron chi connectivity index (χ4n) is 4.84. The van der Waals surface area contributed by atoms with Crippen LogP contribution >= 0.6 is 23.4 Å². The monoisotopic (exact) mass is 572 g/mol. The molecule has 0 aromatic heterocycles. The molecule has 39 heavy (non-hydrogen) atoms. The van der Waals surface area contributed by atoms with Crippen LogP contribution in [0.3, 0.4) is 0 Å². The van der Waals surface area contributed by atoms with Gasteiger partial charge in [0, 0.05) is 41.4 Å². The molecule has 1 heterocycles. The van der Waals surface area contributed by atoms with Crippen molar-refractivity contribution in [1.29, 1.82) is 0 Å². The molecule has 0 aliphatic carbocycles. The van der Waals surface area contributed by atoms with Crippen molar-refractivity contribution in [3.05, 3.63) is 52.4 Å². The SMILES string of the molecule is CCCN(CC(C)=N/C(=C\SC)c1ccc(Cl)c2ccccc12)C(=O)C(NC(=O)[C@H](C)NC)C1CCOCC1. The molecule has 0 spiro atoms. The molecule has 0 saturated carbocycles. The Morgan fingerprint density at radius 2 is 1.90 bits per heavy atom. The molecule has 1 aliphatic heterocycles. The Bertz CT molecular complexity index is 1200. The number of likely N-dealkylation sites (N-methyl/N-ethyl adjacent to an activating group) is 1. The molecule has 2 aromatic rings. The Balaban J connectivity index is 1.90. The predicted molar refractivity (Wildman–Crippen MR) is 164 cm³/mol. The van der Waals surface area contributed by atoms with Crippen molar-refractivity contribution >= 4 is 57.4 Å². The maximum atomic E-state index is 14.0. The van der Waals surface area contributed by atoms with Crippen LogP contribution in [-0.4, -0.2) is 74.1 Å². The molecule has 2 aromatic carbocycles. The molecule has 212 valence electrons. The lowest BCUT2D eigenvalue weighted by molar-refractivity contribution is -0.139. The van der Waals surface area contributed by atoms with Crippen molar-refractivity contribution in [1.82, 2.24) is 15.5 Å². The largest absolute Gasteiger partial charge is 0.381 e. The fraction of sp³-hybridized carbons (Fsp3) is 0.500. The van der Waals surface area contributed by atoms with Gasteiger partial charge in [0.2, 0.25) is 11.8 Å². The van der Waals surface area contributed by atoms with Crippen molar-refractivity contribution in [2.45, 2.75) is 52.1 Å². The number of fused-ring (bicyclic) bond motifs is 1. The van der Waals surface area contributed by atoms with Gasteiger partial charge in [-0.2, -0.15) is 0 Å². The Kier molecular flexibility index (Phi) is 12.3. The third kappa shape index (κ3) is 8.30. The summed E-state index contributed by atoms with van der Waals surface area (Å²) < 4.78 is 5.54. The molecular weight excluding hydrogens is 532 g/mol. The highest BCUT2D eigenvalue weighted by atomic mass is 35.5. The van der Waals surface area contributed by atoms with Crippen LogP contribution in [0.25, 0.3) is 16.5 Å². The van der Waals surface area contributed by atoms with Crippen molar-refractivity contribution < 1.29 is 14.3 Å². The molecule has 1 unspecified atom stereocenters. The summed E-state index contributed by atoms with van der Waals surface area (Å²) in [6.07, 6.45) is 4.28. The molecule has 7 nitrogen and oxygen atoms in total. The molecule has 1 aliphatic rings. The highest BCUT2D eigenvalue weighted by Crippen LogP contribution is 2.32. The average Bonchev–Trinajstić information content (AvgIpc) is 2.95. The van der Waals surface area contributed by atoms with E-state index in [0.717, 1.165) is 47.0 Å². The minimum absolute atomic E-state index is 0.0308. The van der Waals surface area contributed by atoms with Gasteiger partial charge in [0.1, 0.15) is 6.04 Å². The molecule has 0 bridgehead atoms. The van der Waals surface area contributed by atoms with E-state index in [1.54, 1.807) is 25.7 Å². The number of amides is 2. The van der Waals surface area contributed by atoms with Crippen LogP contribution in [0.4, 0.5) is 0 Å². The summed E-state index contributed by atoms with van der Waals surface area (Å²) in [4.78, 5) is 33.6. The maximum Gasteiger partial charge on any atom is 0.245 e. The molecule has 2 N–H and O–H groups in total. The van der Waals surface area contributed by atoms with Crippen LogP contribution in [0.15, 0.2) is 46.8 Å². The summed E-state index contributed by atoms with van der Waals surface area (Å²) in [5, 5.41) is 10.7. The lowest BCUT2D eigenvalue weighted by Gasteiger charge is -2.34. The number of nitrogens with zero attached hydrogens (tertiary/aromatic N) is 2. The Hall–Kier alpha value is -2.39. The highest BCUT2D eigenvalue weighted by Gasteiger charge is 2.34. The summed E-state index contributed by atoms with van der Waals surface area (Å²) in [5.41, 5.74) is 2.64. The van der Waals surface area contributed by atoms with E-state index >= 15 is 0 Å². The Morgan fingerprint density at radius 1 is 1.21 bits per heavy atom. The molecule has 0 radical (unpaired) electrons. The number of rotatable bonds is 12. The number of carbonyl (C=O) groups excluding carboxylic acids is 2. The van der Waals surface area contributed by atoms with Gasteiger partial charge in [0.05, 0.1) is 18.3 Å². The van der Waals surface area contributed by atoms with Crippen LogP contribution in [0.1, 0.15) is 45.6 Å². The van der Waals surface area contributed by atoms with Crippen molar-refractivity contribution in [3.63, 3.8) is 0 Å². The van der Waals surface area contributed by atoms with Crippen LogP contribution in [0.2, 0.25) is 5.02 Å². The second-order valence-corrected chi connectivity index (χ2v) is 11.0. The molecule has 3 rings (SSSR count). The number of nitrogens with one attached hydrogen (secondary N) is 2. The van der Waals surface area contributed by atoms with Gasteiger partial charge in [-0.15, -0.1) is 11.8 Å². The predicted octanol–water partition coefficient (Wildman–Crippen LogP) is 5.37. The van der Waals surface area contributed by atoms with E-state index in [9.17, 15) is 9.59 Å². The maximum absolute atomic E-state index is 14.0. The van der Waals surface area contributed by atoms with Gasteiger partial charge >= 0.3 is 0 Å². The second-order valence-electron chi connectivity index (χ2n) is 9.93. The average molecular weight is 573 g/mol. The lowest BCUT2D eigenvalue weighted by atomic mass is 9.90. The molecular formula is C30H41ClN4O3S. The number of aliphatic imine (C=N–C) groups is 1. The van der Waals surface area contributed by atoms with Gasteiger partial charge in [0.15, 0.2) is 0 Å². The van der Waals surface area contributed by atoms with E-state index in [0.29, 0.717) is 31.3 Å². The van der Waals surface area contributed by atoms with Gasteiger partial charge in [-0.3, -0.25) is 14.6 Å². The zero-order valence-corrected chi connectivity index (χ0v) is 25.2. The van der Waals surface area contributed by atoms with E-state index in [-0.39, 0.29) is 17.7 Å². The first kappa shape index (κ1) is 31.1. The summed E-state index contributed by atoms with van der Waals surface area (Å²) >= 11 is 8.05. The Labute approximate surface area is 241 Å². The van der Waals surface area contributed by atoms with E-state index in [4.69, 9.17) is 21.3 Å². The molecule has 2 atom stereocenters. The Morgan fingerprint density at radius 3 is 2.54 bits per heavy atom. The van der Waals surface area contributed by atoms with Gasteiger partial charge < -0.3 is 20.3 Å². The number of thioether (sulfide) groups is 1. The molecule has 1 saturated heterocycles.